The van der Waals surface area contributed by atoms with Crippen LogP contribution in [-0.2, 0) is 6.42 Å². The zero-order valence-corrected chi connectivity index (χ0v) is 12.4. The second kappa shape index (κ2) is 6.10. The lowest BCUT2D eigenvalue weighted by Gasteiger charge is -2.08. The maximum Gasteiger partial charge on any atom is 0.193 e. The van der Waals surface area contributed by atoms with Crippen LogP contribution in [0.4, 0.5) is 5.69 Å². The highest BCUT2D eigenvalue weighted by molar-refractivity contribution is 6.33. The van der Waals surface area contributed by atoms with Crippen molar-refractivity contribution in [3.8, 4) is 0 Å². The molecule has 2 aromatic rings. The quantitative estimate of drug-likeness (QED) is 0.671. The summed E-state index contributed by atoms with van der Waals surface area (Å²) in [5.41, 5.74) is 8.57. The van der Waals surface area contributed by atoms with E-state index in [1.807, 2.05) is 24.3 Å². The van der Waals surface area contributed by atoms with Crippen LogP contribution < -0.4 is 5.73 Å². The maximum atomic E-state index is 12.4. The van der Waals surface area contributed by atoms with E-state index in [-0.39, 0.29) is 5.78 Å². The molecule has 2 rings (SSSR count). The van der Waals surface area contributed by atoms with Crippen LogP contribution in [0.1, 0.15) is 35.3 Å². The summed E-state index contributed by atoms with van der Waals surface area (Å²) in [4.78, 5) is 12.4. The molecule has 0 amide bonds. The molecule has 2 nitrogen and oxygen atoms in total. The van der Waals surface area contributed by atoms with E-state index in [0.29, 0.717) is 27.8 Å². The van der Waals surface area contributed by atoms with E-state index in [4.69, 9.17) is 17.3 Å². The average molecular weight is 288 g/mol. The molecule has 104 valence electrons. The Morgan fingerprint density at radius 2 is 1.85 bits per heavy atom. The van der Waals surface area contributed by atoms with Crippen molar-refractivity contribution >= 4 is 23.1 Å². The molecule has 0 fully saturated rings. The maximum absolute atomic E-state index is 12.4. The number of carbonyl (C=O) groups is 1. The minimum absolute atomic E-state index is 0.0301. The van der Waals surface area contributed by atoms with Gasteiger partial charge in [0.15, 0.2) is 5.78 Å². The number of benzene rings is 2. The molecule has 0 aliphatic heterocycles. The number of nitrogens with two attached hydrogens (primary N) is 1. The van der Waals surface area contributed by atoms with E-state index in [1.165, 1.54) is 5.56 Å². The molecule has 0 bridgehead atoms. The second-order valence-corrected chi connectivity index (χ2v) is 5.77. The Kier molecular flexibility index (Phi) is 4.46. The average Bonchev–Trinajstić information content (AvgIpc) is 2.40. The molecule has 0 heterocycles. The summed E-state index contributed by atoms with van der Waals surface area (Å²) in [6, 6.07) is 12.7. The van der Waals surface area contributed by atoms with Gasteiger partial charge in [0.25, 0.3) is 0 Å². The molecule has 0 unspecified atom stereocenters. The molecule has 20 heavy (non-hydrogen) atoms. The van der Waals surface area contributed by atoms with Crippen molar-refractivity contribution in [1.82, 2.24) is 0 Å². The van der Waals surface area contributed by atoms with Crippen molar-refractivity contribution < 1.29 is 4.79 Å². The fourth-order valence-corrected chi connectivity index (χ4v) is 2.33. The highest BCUT2D eigenvalue weighted by Gasteiger charge is 2.11. The fourth-order valence-electron chi connectivity index (χ4n) is 2.15. The van der Waals surface area contributed by atoms with Crippen LogP contribution in [0.2, 0.25) is 5.02 Å². The Labute approximate surface area is 124 Å². The summed E-state index contributed by atoms with van der Waals surface area (Å²) in [6.45, 7) is 4.32. The van der Waals surface area contributed by atoms with Gasteiger partial charge in [-0.05, 0) is 42.2 Å². The summed E-state index contributed by atoms with van der Waals surface area (Å²) in [6.07, 6.45) is 0.962. The lowest BCUT2D eigenvalue weighted by Crippen LogP contribution is -2.03. The first kappa shape index (κ1) is 14.6. The van der Waals surface area contributed by atoms with Gasteiger partial charge in [0.1, 0.15) is 0 Å². The van der Waals surface area contributed by atoms with E-state index >= 15 is 0 Å². The Balaban J connectivity index is 2.30. The number of anilines is 1. The van der Waals surface area contributed by atoms with Crippen LogP contribution in [0.25, 0.3) is 0 Å². The predicted molar refractivity (Wildman–Crippen MR) is 84.3 cm³/mol. The first-order valence-corrected chi connectivity index (χ1v) is 7.04. The minimum atomic E-state index is -0.0301. The van der Waals surface area contributed by atoms with Gasteiger partial charge in [0.2, 0.25) is 0 Å². The molecule has 2 N–H and O–H groups in total. The molecular weight excluding hydrogens is 270 g/mol. The van der Waals surface area contributed by atoms with Crippen LogP contribution in [0.15, 0.2) is 42.5 Å². The first-order valence-electron chi connectivity index (χ1n) is 6.66. The topological polar surface area (TPSA) is 43.1 Å². The lowest BCUT2D eigenvalue weighted by atomic mass is 9.97. The largest absolute Gasteiger partial charge is 0.398 e. The molecule has 0 aliphatic carbocycles. The summed E-state index contributed by atoms with van der Waals surface area (Å²) in [7, 11) is 0. The molecule has 0 aliphatic rings. The van der Waals surface area contributed by atoms with E-state index in [0.717, 1.165) is 6.42 Å². The normalized spacial score (nSPS) is 10.8. The van der Waals surface area contributed by atoms with E-state index in [9.17, 15) is 4.79 Å². The summed E-state index contributed by atoms with van der Waals surface area (Å²) >= 11 is 5.97. The van der Waals surface area contributed by atoms with Gasteiger partial charge in [-0.25, -0.2) is 0 Å². The Bertz CT molecular complexity index is 635. The molecular formula is C17H18ClNO. The predicted octanol–water partition coefficient (Wildman–Crippen LogP) is 4.35. The van der Waals surface area contributed by atoms with Crippen molar-refractivity contribution in [2.75, 3.05) is 5.73 Å². The number of hydrogen-bond donors (Lipinski definition) is 1. The molecule has 0 spiro atoms. The highest BCUT2D eigenvalue weighted by atomic mass is 35.5. The van der Waals surface area contributed by atoms with Gasteiger partial charge in [-0.3, -0.25) is 4.79 Å². The van der Waals surface area contributed by atoms with Gasteiger partial charge >= 0.3 is 0 Å². The van der Waals surface area contributed by atoms with Crippen LogP contribution >= 0.6 is 11.6 Å². The Morgan fingerprint density at radius 3 is 2.50 bits per heavy atom. The summed E-state index contributed by atoms with van der Waals surface area (Å²) in [5.74, 6) is 0.531. The van der Waals surface area contributed by atoms with Gasteiger partial charge in [0.05, 0.1) is 10.7 Å². The molecule has 0 saturated carbocycles. The van der Waals surface area contributed by atoms with Crippen molar-refractivity contribution in [2.45, 2.75) is 20.3 Å². The molecule has 0 saturated heterocycles. The zero-order chi connectivity index (χ0) is 14.7. The van der Waals surface area contributed by atoms with Crippen LogP contribution in [0.5, 0.6) is 0 Å². The van der Waals surface area contributed by atoms with E-state index in [2.05, 4.69) is 13.8 Å². The van der Waals surface area contributed by atoms with Gasteiger partial charge in [-0.1, -0.05) is 43.6 Å². The van der Waals surface area contributed by atoms with E-state index < -0.39 is 0 Å². The Hall–Kier alpha value is -1.80. The van der Waals surface area contributed by atoms with Gasteiger partial charge in [-0.2, -0.15) is 0 Å². The van der Waals surface area contributed by atoms with Crippen molar-refractivity contribution in [1.29, 1.82) is 0 Å². The number of hydrogen-bond acceptors (Lipinski definition) is 2. The van der Waals surface area contributed by atoms with Crippen molar-refractivity contribution in [2.24, 2.45) is 5.92 Å². The third-order valence-corrected chi connectivity index (χ3v) is 3.42. The number of ketones is 1. The van der Waals surface area contributed by atoms with Crippen molar-refractivity contribution in [3.05, 3.63) is 64.2 Å². The standard InChI is InChI=1S/C17H18ClNO/c1-11(2)8-12-4-3-5-13(9-12)17(20)14-6-7-16(19)15(18)10-14/h3-7,9-11H,8,19H2,1-2H3. The lowest BCUT2D eigenvalue weighted by molar-refractivity contribution is 0.103. The van der Waals surface area contributed by atoms with Crippen LogP contribution in [0.3, 0.4) is 0 Å². The smallest absolute Gasteiger partial charge is 0.193 e. The molecule has 3 heteroatoms. The van der Waals surface area contributed by atoms with Gasteiger partial charge < -0.3 is 5.73 Å². The zero-order valence-electron chi connectivity index (χ0n) is 11.7. The molecule has 0 atom stereocenters. The minimum Gasteiger partial charge on any atom is -0.398 e. The fraction of sp³-hybridized carbons (Fsp3) is 0.235. The second-order valence-electron chi connectivity index (χ2n) is 5.36. The Morgan fingerprint density at radius 1 is 1.15 bits per heavy atom. The number of rotatable bonds is 4. The van der Waals surface area contributed by atoms with Crippen LogP contribution in [-0.4, -0.2) is 5.78 Å². The first-order chi connectivity index (χ1) is 9.47. The number of halogens is 1. The third kappa shape index (κ3) is 3.40. The summed E-state index contributed by atoms with van der Waals surface area (Å²) in [5, 5.41) is 0.411. The SMILES string of the molecule is CC(C)Cc1cccc(C(=O)c2ccc(N)c(Cl)c2)c1. The molecule has 2 aromatic carbocycles. The highest BCUT2D eigenvalue weighted by Crippen LogP contribution is 2.22. The third-order valence-electron chi connectivity index (χ3n) is 3.10. The number of nitrogen functional groups attached to an aromatic ring is 1. The van der Waals surface area contributed by atoms with Gasteiger partial charge in [-0.15, -0.1) is 0 Å². The van der Waals surface area contributed by atoms with E-state index in [1.54, 1.807) is 18.2 Å². The molecule has 0 radical (unpaired) electrons. The summed E-state index contributed by atoms with van der Waals surface area (Å²) < 4.78 is 0. The van der Waals surface area contributed by atoms with Crippen molar-refractivity contribution in [3.63, 3.8) is 0 Å². The van der Waals surface area contributed by atoms with Crippen LogP contribution in [0, 0.1) is 5.92 Å². The monoisotopic (exact) mass is 287 g/mol. The van der Waals surface area contributed by atoms with Gasteiger partial charge in [0, 0.05) is 11.1 Å². The number of carbonyl (C=O) groups excluding carboxylic acids is 1. The molecule has 0 aromatic heterocycles.